The van der Waals surface area contributed by atoms with Gasteiger partial charge in [0, 0.05) is 6.54 Å². The van der Waals surface area contributed by atoms with Crippen LogP contribution in [-0.2, 0) is 14.6 Å². The number of hydrogen-bond acceptors (Lipinski definition) is 5. The first kappa shape index (κ1) is 14.0. The van der Waals surface area contributed by atoms with Crippen LogP contribution in [0.15, 0.2) is 29.2 Å². The normalized spacial score (nSPS) is 10.6. The average Bonchev–Trinajstić information content (AvgIpc) is 2.29. The van der Waals surface area contributed by atoms with Crippen molar-refractivity contribution in [2.24, 2.45) is 0 Å². The van der Waals surface area contributed by atoms with Crippen molar-refractivity contribution in [3.05, 3.63) is 24.3 Å². The highest BCUT2D eigenvalue weighted by Gasteiger charge is 2.21. The Hall–Kier alpha value is -2.07. The summed E-state index contributed by atoms with van der Waals surface area (Å²) in [6.07, 6.45) is 0.138. The number of carbonyl (C=O) groups excluding carboxylic acids is 1. The van der Waals surface area contributed by atoms with E-state index in [9.17, 15) is 13.2 Å². The molecular weight excluding hydrogens is 254 g/mol. The monoisotopic (exact) mass is 267 g/mol. The van der Waals surface area contributed by atoms with Gasteiger partial charge in [0.15, 0.2) is 9.84 Å². The molecule has 18 heavy (non-hydrogen) atoms. The summed E-state index contributed by atoms with van der Waals surface area (Å²) < 4.78 is 23.8. The molecule has 1 aromatic rings. The van der Waals surface area contributed by atoms with Gasteiger partial charge in [0.1, 0.15) is 5.75 Å². The number of sulfone groups is 1. The van der Waals surface area contributed by atoms with Gasteiger partial charge in [-0.25, -0.2) is 8.42 Å². The second-order valence-electron chi connectivity index (χ2n) is 3.55. The summed E-state index contributed by atoms with van der Waals surface area (Å²) in [5, 5.41) is 10.6. The number of amides is 1. The van der Waals surface area contributed by atoms with E-state index in [1.165, 1.54) is 18.2 Å². The highest BCUT2D eigenvalue weighted by Crippen LogP contribution is 2.18. The zero-order valence-electron chi connectivity index (χ0n) is 9.59. The van der Waals surface area contributed by atoms with Crippen molar-refractivity contribution in [2.45, 2.75) is 11.3 Å². The number of rotatable bonds is 5. The van der Waals surface area contributed by atoms with E-state index in [-0.39, 0.29) is 23.5 Å². The Bertz CT molecular complexity index is 575. The van der Waals surface area contributed by atoms with Crippen molar-refractivity contribution in [1.29, 1.82) is 5.26 Å². The average molecular weight is 267 g/mol. The number of nitrogens with zero attached hydrogens (tertiary/aromatic N) is 1. The van der Waals surface area contributed by atoms with Crippen LogP contribution in [0, 0.1) is 11.3 Å². The van der Waals surface area contributed by atoms with Crippen LogP contribution in [0.2, 0.25) is 0 Å². The third kappa shape index (κ3) is 3.75. The molecule has 0 bridgehead atoms. The van der Waals surface area contributed by atoms with Crippen molar-refractivity contribution >= 4 is 21.4 Å². The van der Waals surface area contributed by atoms with Gasteiger partial charge in [-0.15, -0.1) is 0 Å². The zero-order chi connectivity index (χ0) is 13.6. The molecule has 0 aliphatic rings. The Labute approximate surface area is 105 Å². The molecule has 0 aliphatic heterocycles. The summed E-state index contributed by atoms with van der Waals surface area (Å²) in [6, 6.07) is 7.81. The molecule has 96 valence electrons. The van der Waals surface area contributed by atoms with E-state index in [2.05, 4.69) is 5.32 Å². The molecule has 0 aromatic heterocycles. The predicted octanol–water partition coefficient (Wildman–Crippen LogP) is 0.0724. The lowest BCUT2D eigenvalue weighted by Gasteiger charge is -2.07. The molecule has 0 saturated heterocycles. The van der Waals surface area contributed by atoms with Crippen LogP contribution in [-0.4, -0.2) is 26.6 Å². The number of carbonyl (C=O) groups is 1. The van der Waals surface area contributed by atoms with E-state index >= 15 is 0 Å². The van der Waals surface area contributed by atoms with E-state index < -0.39 is 21.5 Å². The molecule has 0 unspecified atom stereocenters. The summed E-state index contributed by atoms with van der Waals surface area (Å²) in [5.41, 5.74) is 5.66. The number of hydrogen-bond donors (Lipinski definition) is 2. The summed E-state index contributed by atoms with van der Waals surface area (Å²) in [6.45, 7) is 0.134. The summed E-state index contributed by atoms with van der Waals surface area (Å²) >= 11 is 0. The van der Waals surface area contributed by atoms with Crippen molar-refractivity contribution in [3.63, 3.8) is 0 Å². The molecule has 3 N–H and O–H groups in total. The molecule has 1 amide bonds. The third-order valence-electron chi connectivity index (χ3n) is 2.13. The van der Waals surface area contributed by atoms with E-state index in [0.717, 1.165) is 0 Å². The van der Waals surface area contributed by atoms with Crippen molar-refractivity contribution in [2.75, 3.05) is 18.0 Å². The quantitative estimate of drug-likeness (QED) is 0.579. The SMILES string of the molecule is N#CCCNC(=O)CS(=O)(=O)c1ccccc1N. The van der Waals surface area contributed by atoms with E-state index in [1.54, 1.807) is 6.07 Å². The van der Waals surface area contributed by atoms with Gasteiger partial charge in [0.05, 0.1) is 23.1 Å². The minimum absolute atomic E-state index is 0.0552. The fourth-order valence-corrected chi connectivity index (χ4v) is 2.64. The summed E-state index contributed by atoms with van der Waals surface area (Å²) in [4.78, 5) is 11.3. The molecule has 0 radical (unpaired) electrons. The van der Waals surface area contributed by atoms with Gasteiger partial charge in [-0.1, -0.05) is 12.1 Å². The van der Waals surface area contributed by atoms with E-state index in [4.69, 9.17) is 11.0 Å². The highest BCUT2D eigenvalue weighted by molar-refractivity contribution is 7.92. The minimum Gasteiger partial charge on any atom is -0.398 e. The Morgan fingerprint density at radius 2 is 2.06 bits per heavy atom. The molecule has 7 heteroatoms. The van der Waals surface area contributed by atoms with Crippen LogP contribution in [0.25, 0.3) is 0 Å². The topological polar surface area (TPSA) is 113 Å². The van der Waals surface area contributed by atoms with Crippen LogP contribution < -0.4 is 11.1 Å². The molecule has 0 saturated carbocycles. The number of anilines is 1. The number of para-hydroxylation sites is 1. The highest BCUT2D eigenvalue weighted by atomic mass is 32.2. The third-order valence-corrected chi connectivity index (χ3v) is 3.82. The van der Waals surface area contributed by atoms with Gasteiger partial charge in [-0.3, -0.25) is 4.79 Å². The first-order chi connectivity index (χ1) is 8.47. The first-order valence-electron chi connectivity index (χ1n) is 5.18. The van der Waals surface area contributed by atoms with Crippen LogP contribution >= 0.6 is 0 Å². The molecule has 0 atom stereocenters. The lowest BCUT2D eigenvalue weighted by atomic mass is 10.3. The molecular formula is C11H13N3O3S. The van der Waals surface area contributed by atoms with Crippen LogP contribution in [0.1, 0.15) is 6.42 Å². The Kier molecular flexibility index (Phi) is 4.68. The second kappa shape index (κ2) is 6.02. The number of nitrogen functional groups attached to an aromatic ring is 1. The largest absolute Gasteiger partial charge is 0.398 e. The van der Waals surface area contributed by atoms with E-state index in [0.29, 0.717) is 0 Å². The maximum Gasteiger partial charge on any atom is 0.235 e. The Balaban J connectivity index is 2.75. The van der Waals surface area contributed by atoms with Gasteiger partial charge in [0.25, 0.3) is 0 Å². The van der Waals surface area contributed by atoms with Gasteiger partial charge in [-0.05, 0) is 12.1 Å². The molecule has 0 fully saturated rings. The standard InChI is InChI=1S/C11H13N3O3S/c12-6-3-7-14-11(15)8-18(16,17)10-5-2-1-4-9(10)13/h1-2,4-5H,3,7-8,13H2,(H,14,15). The molecule has 0 spiro atoms. The lowest BCUT2D eigenvalue weighted by molar-refractivity contribution is -0.118. The minimum atomic E-state index is -3.75. The van der Waals surface area contributed by atoms with Gasteiger partial charge < -0.3 is 11.1 Å². The summed E-state index contributed by atoms with van der Waals surface area (Å²) in [7, 11) is -3.75. The smallest absolute Gasteiger partial charge is 0.235 e. The fraction of sp³-hybridized carbons (Fsp3) is 0.273. The summed E-state index contributed by atoms with van der Waals surface area (Å²) in [5.74, 6) is -1.32. The predicted molar refractivity (Wildman–Crippen MR) is 66.1 cm³/mol. The van der Waals surface area contributed by atoms with Crippen molar-refractivity contribution in [1.82, 2.24) is 5.32 Å². The van der Waals surface area contributed by atoms with Crippen molar-refractivity contribution in [3.8, 4) is 6.07 Å². The van der Waals surface area contributed by atoms with E-state index in [1.807, 2.05) is 6.07 Å². The number of nitrogens with two attached hydrogens (primary N) is 1. The van der Waals surface area contributed by atoms with Gasteiger partial charge in [0.2, 0.25) is 5.91 Å². The molecule has 0 heterocycles. The molecule has 6 nitrogen and oxygen atoms in total. The van der Waals surface area contributed by atoms with Gasteiger partial charge >= 0.3 is 0 Å². The molecule has 0 aliphatic carbocycles. The Morgan fingerprint density at radius 1 is 1.39 bits per heavy atom. The molecule has 1 aromatic carbocycles. The number of benzene rings is 1. The van der Waals surface area contributed by atoms with Gasteiger partial charge in [-0.2, -0.15) is 5.26 Å². The number of nitriles is 1. The second-order valence-corrected chi connectivity index (χ2v) is 5.51. The molecule has 1 rings (SSSR count). The lowest BCUT2D eigenvalue weighted by Crippen LogP contribution is -2.31. The van der Waals surface area contributed by atoms with Crippen LogP contribution in [0.5, 0.6) is 0 Å². The number of nitrogens with one attached hydrogen (secondary N) is 1. The first-order valence-corrected chi connectivity index (χ1v) is 6.83. The maximum absolute atomic E-state index is 11.9. The van der Waals surface area contributed by atoms with Crippen molar-refractivity contribution < 1.29 is 13.2 Å². The Morgan fingerprint density at radius 3 is 2.67 bits per heavy atom. The van der Waals surface area contributed by atoms with Crippen LogP contribution in [0.4, 0.5) is 5.69 Å². The maximum atomic E-state index is 11.9. The van der Waals surface area contributed by atoms with Crippen LogP contribution in [0.3, 0.4) is 0 Å². The fourth-order valence-electron chi connectivity index (χ4n) is 1.32. The zero-order valence-corrected chi connectivity index (χ0v) is 10.4.